The third-order valence-corrected chi connectivity index (χ3v) is 5.63. The van der Waals surface area contributed by atoms with Crippen LogP contribution in [0.2, 0.25) is 0 Å². The molecule has 0 bridgehead atoms. The lowest BCUT2D eigenvalue weighted by molar-refractivity contribution is 0.0533. The van der Waals surface area contributed by atoms with E-state index in [0.29, 0.717) is 18.3 Å². The molecule has 0 heterocycles. The number of fused-ring (bicyclic) bond motifs is 1. The number of aliphatic hydroxyl groups is 1. The van der Waals surface area contributed by atoms with E-state index < -0.39 is 5.72 Å². The van der Waals surface area contributed by atoms with Crippen LogP contribution in [0, 0.1) is 5.92 Å². The fourth-order valence-corrected chi connectivity index (χ4v) is 4.17. The maximum Gasteiger partial charge on any atom is 0.114 e. The topological polar surface area (TPSA) is 46.2 Å². The number of benzene rings is 1. The summed E-state index contributed by atoms with van der Waals surface area (Å²) in [6, 6.07) is 6.98. The Labute approximate surface area is 140 Å². The van der Waals surface area contributed by atoms with Crippen molar-refractivity contribution in [3.63, 3.8) is 0 Å². The van der Waals surface area contributed by atoms with Crippen molar-refractivity contribution in [2.45, 2.75) is 76.4 Å². The molecule has 0 saturated heterocycles. The highest BCUT2D eigenvalue weighted by Gasteiger charge is 2.34. The normalized spacial score (nSPS) is 30.7. The summed E-state index contributed by atoms with van der Waals surface area (Å²) in [5.41, 5.74) is 9.35. The van der Waals surface area contributed by atoms with Gasteiger partial charge in [0, 0.05) is 0 Å². The van der Waals surface area contributed by atoms with Crippen molar-refractivity contribution in [1.82, 2.24) is 0 Å². The number of aryl methyl sites for hydroxylation is 1. The molecule has 3 atom stereocenters. The van der Waals surface area contributed by atoms with E-state index in [2.05, 4.69) is 37.3 Å². The SMILES string of the molecule is CCCC/C=C/C1CCc2cc(C3CCC(N)(O)C3)ccc2C1. The number of allylic oxidation sites excluding steroid dienone is 2. The molecule has 2 heteroatoms. The zero-order valence-corrected chi connectivity index (χ0v) is 14.4. The molecule has 1 saturated carbocycles. The minimum Gasteiger partial charge on any atom is -0.376 e. The van der Waals surface area contributed by atoms with Gasteiger partial charge in [0.1, 0.15) is 5.72 Å². The number of rotatable bonds is 5. The standard InChI is InChI=1S/C21H31NO/c1-2-3-4-5-6-16-7-8-18-14-19(10-9-17(18)13-16)20-11-12-21(22,23)15-20/h5-6,9-10,14,16,20,23H,2-4,7-8,11-13,15,22H2,1H3/b6-5+. The zero-order valence-electron chi connectivity index (χ0n) is 14.4. The second-order valence-corrected chi connectivity index (χ2v) is 7.64. The quantitative estimate of drug-likeness (QED) is 0.479. The van der Waals surface area contributed by atoms with Crippen molar-refractivity contribution in [2.24, 2.45) is 11.7 Å². The third-order valence-electron chi connectivity index (χ3n) is 5.63. The van der Waals surface area contributed by atoms with E-state index in [1.54, 1.807) is 0 Å². The molecule has 0 amide bonds. The first-order valence-corrected chi connectivity index (χ1v) is 9.37. The minimum atomic E-state index is -0.949. The van der Waals surface area contributed by atoms with Crippen LogP contribution < -0.4 is 5.73 Å². The van der Waals surface area contributed by atoms with Gasteiger partial charge in [0.15, 0.2) is 0 Å². The summed E-state index contributed by atoms with van der Waals surface area (Å²) in [6.07, 6.45) is 14.7. The number of unbranched alkanes of at least 4 members (excludes halogenated alkanes) is 2. The number of hydrogen-bond donors (Lipinski definition) is 2. The van der Waals surface area contributed by atoms with Crippen LogP contribution >= 0.6 is 0 Å². The molecule has 0 radical (unpaired) electrons. The molecule has 126 valence electrons. The summed E-state index contributed by atoms with van der Waals surface area (Å²) in [6.45, 7) is 2.25. The van der Waals surface area contributed by atoms with Crippen LogP contribution in [0.15, 0.2) is 30.4 Å². The summed E-state index contributed by atoms with van der Waals surface area (Å²) in [4.78, 5) is 0. The number of hydrogen-bond acceptors (Lipinski definition) is 2. The predicted octanol–water partition coefficient (Wildman–Crippen LogP) is 4.45. The molecule has 2 aliphatic carbocycles. The molecular formula is C21H31NO. The molecule has 1 aromatic carbocycles. The van der Waals surface area contributed by atoms with Gasteiger partial charge in [-0.05, 0) is 73.5 Å². The third kappa shape index (κ3) is 4.24. The van der Waals surface area contributed by atoms with Crippen molar-refractivity contribution < 1.29 is 5.11 Å². The Balaban J connectivity index is 1.63. The van der Waals surface area contributed by atoms with Gasteiger partial charge in [-0.3, -0.25) is 0 Å². The second-order valence-electron chi connectivity index (χ2n) is 7.64. The van der Waals surface area contributed by atoms with E-state index in [1.807, 2.05) is 0 Å². The second kappa shape index (κ2) is 7.19. The fraction of sp³-hybridized carbons (Fsp3) is 0.619. The molecule has 23 heavy (non-hydrogen) atoms. The molecule has 1 fully saturated rings. The molecular weight excluding hydrogens is 282 g/mol. The first-order valence-electron chi connectivity index (χ1n) is 9.37. The maximum absolute atomic E-state index is 9.99. The van der Waals surface area contributed by atoms with Gasteiger partial charge in [-0.1, -0.05) is 50.1 Å². The Morgan fingerprint density at radius 2 is 2.17 bits per heavy atom. The largest absolute Gasteiger partial charge is 0.376 e. The van der Waals surface area contributed by atoms with Crippen LogP contribution in [0.3, 0.4) is 0 Å². The van der Waals surface area contributed by atoms with Gasteiger partial charge in [0.05, 0.1) is 0 Å². The summed E-state index contributed by atoms with van der Waals surface area (Å²) in [5.74, 6) is 1.15. The minimum absolute atomic E-state index is 0.432. The summed E-state index contributed by atoms with van der Waals surface area (Å²) < 4.78 is 0. The molecule has 3 unspecified atom stereocenters. The lowest BCUT2D eigenvalue weighted by Gasteiger charge is -2.24. The Morgan fingerprint density at radius 1 is 1.30 bits per heavy atom. The number of nitrogens with two attached hydrogens (primary N) is 1. The Kier molecular flexibility index (Phi) is 5.23. The van der Waals surface area contributed by atoms with E-state index in [0.717, 1.165) is 12.8 Å². The van der Waals surface area contributed by atoms with Crippen molar-refractivity contribution in [1.29, 1.82) is 0 Å². The first-order chi connectivity index (χ1) is 11.1. The van der Waals surface area contributed by atoms with Crippen LogP contribution in [0.4, 0.5) is 0 Å². The summed E-state index contributed by atoms with van der Waals surface area (Å²) >= 11 is 0. The van der Waals surface area contributed by atoms with Crippen molar-refractivity contribution in [3.05, 3.63) is 47.0 Å². The molecule has 2 aliphatic rings. The van der Waals surface area contributed by atoms with Gasteiger partial charge in [0.2, 0.25) is 0 Å². The Bertz CT molecular complexity index is 561. The van der Waals surface area contributed by atoms with Gasteiger partial charge in [-0.2, -0.15) is 0 Å². The van der Waals surface area contributed by atoms with E-state index >= 15 is 0 Å². The fourth-order valence-electron chi connectivity index (χ4n) is 4.17. The molecule has 0 spiro atoms. The smallest absolute Gasteiger partial charge is 0.114 e. The highest BCUT2D eigenvalue weighted by atomic mass is 16.3. The van der Waals surface area contributed by atoms with Crippen molar-refractivity contribution >= 4 is 0 Å². The predicted molar refractivity (Wildman–Crippen MR) is 96.4 cm³/mol. The van der Waals surface area contributed by atoms with Gasteiger partial charge >= 0.3 is 0 Å². The lowest BCUT2D eigenvalue weighted by atomic mass is 9.81. The van der Waals surface area contributed by atoms with Crippen LogP contribution in [0.5, 0.6) is 0 Å². The summed E-state index contributed by atoms with van der Waals surface area (Å²) in [7, 11) is 0. The van der Waals surface area contributed by atoms with Gasteiger partial charge < -0.3 is 10.8 Å². The summed E-state index contributed by atoms with van der Waals surface area (Å²) in [5, 5.41) is 9.99. The average Bonchev–Trinajstić information content (AvgIpc) is 2.91. The Morgan fingerprint density at radius 3 is 2.91 bits per heavy atom. The van der Waals surface area contributed by atoms with Gasteiger partial charge in [0.25, 0.3) is 0 Å². The lowest BCUT2D eigenvalue weighted by Crippen LogP contribution is -2.35. The van der Waals surface area contributed by atoms with E-state index in [4.69, 9.17) is 5.73 Å². The maximum atomic E-state index is 9.99. The molecule has 1 aromatic rings. The van der Waals surface area contributed by atoms with E-state index in [9.17, 15) is 5.11 Å². The van der Waals surface area contributed by atoms with Crippen LogP contribution in [-0.4, -0.2) is 10.8 Å². The van der Waals surface area contributed by atoms with Crippen molar-refractivity contribution in [3.8, 4) is 0 Å². The molecule has 0 aromatic heterocycles. The molecule has 3 rings (SSSR count). The zero-order chi connectivity index (χ0) is 16.3. The van der Waals surface area contributed by atoms with Crippen LogP contribution in [0.1, 0.15) is 74.5 Å². The van der Waals surface area contributed by atoms with E-state index in [-0.39, 0.29) is 0 Å². The van der Waals surface area contributed by atoms with Gasteiger partial charge in [-0.25, -0.2) is 0 Å². The first kappa shape index (κ1) is 16.7. The highest BCUT2D eigenvalue weighted by Crippen LogP contribution is 2.39. The highest BCUT2D eigenvalue weighted by molar-refractivity contribution is 5.37. The monoisotopic (exact) mass is 313 g/mol. The average molecular weight is 313 g/mol. The molecule has 0 aliphatic heterocycles. The molecule has 2 nitrogen and oxygen atoms in total. The van der Waals surface area contributed by atoms with Crippen LogP contribution in [0.25, 0.3) is 0 Å². The van der Waals surface area contributed by atoms with Gasteiger partial charge in [-0.15, -0.1) is 0 Å². The van der Waals surface area contributed by atoms with E-state index in [1.165, 1.54) is 55.2 Å². The van der Waals surface area contributed by atoms with Crippen LogP contribution in [-0.2, 0) is 12.8 Å². The Hall–Kier alpha value is -1.12. The van der Waals surface area contributed by atoms with Crippen molar-refractivity contribution in [2.75, 3.05) is 0 Å². The molecule has 3 N–H and O–H groups in total.